The van der Waals surface area contributed by atoms with E-state index in [0.717, 1.165) is 0 Å². The molecule has 0 aliphatic carbocycles. The molecule has 0 aliphatic heterocycles. The minimum atomic E-state index is 0. The van der Waals surface area contributed by atoms with Crippen molar-refractivity contribution in [3.05, 3.63) is 75.8 Å². The molecule has 0 amide bonds. The molecule has 200 valence electrons. The van der Waals surface area contributed by atoms with Crippen LogP contribution in [0.1, 0.15) is 152 Å². The zero-order valence-electron chi connectivity index (χ0n) is 28.5. The van der Waals surface area contributed by atoms with Gasteiger partial charge < -0.3 is 0 Å². The second-order valence-electron chi connectivity index (χ2n) is 12.8. The Bertz CT molecular complexity index is 1100. The molecule has 6 radical (unpaired) electrons. The summed E-state index contributed by atoms with van der Waals surface area (Å²) in [6, 6.07) is 17.1. The van der Waals surface area contributed by atoms with Gasteiger partial charge in [0.15, 0.2) is 0 Å². The van der Waals surface area contributed by atoms with Crippen LogP contribution >= 0.6 is 0 Å². The van der Waals surface area contributed by atoms with E-state index in [2.05, 4.69) is 126 Å². The van der Waals surface area contributed by atoms with Crippen LogP contribution in [0.2, 0.25) is 0 Å². The van der Waals surface area contributed by atoms with E-state index in [4.69, 9.17) is 0 Å². The van der Waals surface area contributed by atoms with Crippen molar-refractivity contribution in [1.82, 2.24) is 0 Å². The fourth-order valence-corrected chi connectivity index (χ4v) is 6.69. The molecule has 0 heterocycles. The van der Waals surface area contributed by atoms with Crippen LogP contribution in [0, 0.1) is 0 Å². The Labute approximate surface area is 388 Å². The molecular weight excluding hydrogens is 668 g/mol. The van der Waals surface area contributed by atoms with Crippen molar-refractivity contribution >= 4 is 180 Å². The van der Waals surface area contributed by atoms with Crippen molar-refractivity contribution < 1.29 is 0 Å². The summed E-state index contributed by atoms with van der Waals surface area (Å²) < 4.78 is 1.50. The average molecular weight is 718 g/mol. The van der Waals surface area contributed by atoms with Gasteiger partial charge in [0, 0.05) is 154 Å². The molecule has 40 heavy (non-hydrogen) atoms. The van der Waals surface area contributed by atoms with Gasteiger partial charge in [0.05, 0.1) is 0 Å². The Balaban J connectivity index is 0.00000507. The van der Waals surface area contributed by atoms with Gasteiger partial charge in [-0.1, -0.05) is 0 Å². The number of rotatable bonds is 8. The van der Waals surface area contributed by atoms with Crippen molar-refractivity contribution in [2.45, 2.75) is 119 Å². The van der Waals surface area contributed by atoms with Gasteiger partial charge in [0.1, 0.15) is 0 Å². The standard InChI is InChI=1S/C36H49.3K.Sn/c1-21(2)29-17-31(23(5)6)35(32(18-29)24(7)8)27-14-13-15-28(16-27)36-33(25(9)10)19-30(22(3)4)20-34(36)26(11)12;;;;/h13-15,17-26H,1-12H3;;;;. The predicted molar refractivity (Wildman–Crippen MR) is 184 cm³/mol. The second-order valence-corrected chi connectivity index (χ2v) is 14.2. The van der Waals surface area contributed by atoms with E-state index in [1.165, 1.54) is 81.7 Å². The molecule has 0 N–H and O–H groups in total. The molecule has 0 fully saturated rings. The monoisotopic (exact) mass is 718 g/mol. The fourth-order valence-electron chi connectivity index (χ4n) is 5.50. The van der Waals surface area contributed by atoms with Crippen molar-refractivity contribution in [1.29, 1.82) is 0 Å². The molecule has 3 aromatic rings. The number of benzene rings is 3. The molecule has 0 spiro atoms. The van der Waals surface area contributed by atoms with Gasteiger partial charge in [-0.25, -0.2) is 0 Å². The van der Waals surface area contributed by atoms with Gasteiger partial charge in [-0.2, -0.15) is 0 Å². The Hall–Kier alpha value is 3.37. The van der Waals surface area contributed by atoms with Gasteiger partial charge in [-0.15, -0.1) is 0 Å². The number of hydrogen-bond acceptors (Lipinski definition) is 0. The molecule has 0 aromatic heterocycles. The SMILES string of the molecule is CC(C)c1cc(C(C)C)c(-c2cccc(-c3c(C(C)C)cc(C(C)C)cc3C(C)C)[c]2[Sn])c(C(C)C)c1.[K].[K].[K]. The summed E-state index contributed by atoms with van der Waals surface area (Å²) in [6.45, 7) is 28.2. The Morgan fingerprint density at radius 2 is 0.675 bits per heavy atom. The molecule has 3 rings (SSSR count). The molecule has 0 nitrogen and oxygen atoms in total. The van der Waals surface area contributed by atoms with E-state index in [1.807, 2.05) is 0 Å². The van der Waals surface area contributed by atoms with Crippen molar-refractivity contribution in [2.75, 3.05) is 0 Å². The van der Waals surface area contributed by atoms with Gasteiger partial charge in [0.2, 0.25) is 0 Å². The molecular formula is C36H49K3Sn. The molecule has 0 saturated carbocycles. The predicted octanol–water partition coefficient (Wildman–Crippen LogP) is 9.41. The van der Waals surface area contributed by atoms with Crippen LogP contribution in [0.5, 0.6) is 0 Å². The van der Waals surface area contributed by atoms with Gasteiger partial charge in [-0.3, -0.25) is 0 Å². The van der Waals surface area contributed by atoms with E-state index in [0.29, 0.717) is 35.5 Å². The summed E-state index contributed by atoms with van der Waals surface area (Å²) in [7, 11) is 0. The van der Waals surface area contributed by atoms with E-state index < -0.39 is 0 Å². The molecule has 4 heteroatoms. The zero-order chi connectivity index (χ0) is 27.8. The van der Waals surface area contributed by atoms with Gasteiger partial charge >= 0.3 is 243 Å². The van der Waals surface area contributed by atoms with Crippen LogP contribution in [0.25, 0.3) is 22.3 Å². The summed E-state index contributed by atoms with van der Waals surface area (Å²) in [4.78, 5) is 0. The average Bonchev–Trinajstić information content (AvgIpc) is 2.82. The summed E-state index contributed by atoms with van der Waals surface area (Å²) >= 11 is 1.49. The minimum Gasteiger partial charge on any atom is 0 e. The second kappa shape index (κ2) is 19.3. The van der Waals surface area contributed by atoms with E-state index in [-0.39, 0.29) is 154 Å². The van der Waals surface area contributed by atoms with Gasteiger partial charge in [-0.05, 0) is 0 Å². The quantitative estimate of drug-likeness (QED) is 0.204. The third kappa shape index (κ3) is 10.2. The summed E-state index contributed by atoms with van der Waals surface area (Å²) in [5.74, 6) is 2.98. The minimum absolute atomic E-state index is 0. The molecule has 0 aliphatic rings. The molecule has 0 unspecified atom stereocenters. The Morgan fingerprint density at radius 1 is 0.425 bits per heavy atom. The van der Waals surface area contributed by atoms with Gasteiger partial charge in [0.25, 0.3) is 0 Å². The van der Waals surface area contributed by atoms with Crippen LogP contribution < -0.4 is 3.58 Å². The van der Waals surface area contributed by atoms with Crippen molar-refractivity contribution in [3.63, 3.8) is 0 Å². The topological polar surface area (TPSA) is 0 Å². The Kier molecular flexibility index (Phi) is 20.9. The zero-order valence-corrected chi connectivity index (χ0v) is 40.7. The van der Waals surface area contributed by atoms with Crippen LogP contribution in [-0.2, 0) is 0 Å². The van der Waals surface area contributed by atoms with Crippen molar-refractivity contribution in [3.8, 4) is 22.3 Å². The van der Waals surface area contributed by atoms with Crippen LogP contribution in [-0.4, -0.2) is 177 Å². The maximum absolute atomic E-state index is 2.50. The molecule has 0 bridgehead atoms. The maximum Gasteiger partial charge on any atom is 0 e. The third-order valence-electron chi connectivity index (χ3n) is 7.87. The van der Waals surface area contributed by atoms with Crippen LogP contribution in [0.3, 0.4) is 0 Å². The van der Waals surface area contributed by atoms with Crippen LogP contribution in [0.4, 0.5) is 0 Å². The Morgan fingerprint density at radius 3 is 0.875 bits per heavy atom. The first kappa shape index (κ1) is 43.4. The third-order valence-corrected chi connectivity index (χ3v) is 9.41. The van der Waals surface area contributed by atoms with Crippen molar-refractivity contribution in [2.24, 2.45) is 0 Å². The fraction of sp³-hybridized carbons (Fsp3) is 0.500. The van der Waals surface area contributed by atoms with E-state index in [9.17, 15) is 0 Å². The first-order chi connectivity index (χ1) is 17.3. The first-order valence-electron chi connectivity index (χ1n) is 14.5. The molecule has 0 saturated heterocycles. The molecule has 0 atom stereocenters. The smallest absolute Gasteiger partial charge is 0 e. The summed E-state index contributed by atoms with van der Waals surface area (Å²) in [5, 5.41) is 0. The summed E-state index contributed by atoms with van der Waals surface area (Å²) in [6.07, 6.45) is 0. The largest absolute Gasteiger partial charge is 0 e. The van der Waals surface area contributed by atoms with E-state index >= 15 is 0 Å². The first-order valence-corrected chi connectivity index (χ1v) is 15.9. The molecule has 3 aromatic carbocycles. The maximum atomic E-state index is 2.50. The summed E-state index contributed by atoms with van der Waals surface area (Å²) in [5.41, 5.74) is 14.8. The van der Waals surface area contributed by atoms with E-state index in [1.54, 1.807) is 0 Å². The van der Waals surface area contributed by atoms with Crippen LogP contribution in [0.15, 0.2) is 42.5 Å². The normalized spacial score (nSPS) is 11.4. The number of hydrogen-bond donors (Lipinski definition) is 0.